The summed E-state index contributed by atoms with van der Waals surface area (Å²) in [4.78, 5) is 31.5. The monoisotopic (exact) mass is 419 g/mol. The molecule has 2 amide bonds. The summed E-state index contributed by atoms with van der Waals surface area (Å²) < 4.78 is 0. The summed E-state index contributed by atoms with van der Waals surface area (Å²) >= 11 is 0. The van der Waals surface area contributed by atoms with Crippen LogP contribution in [0.1, 0.15) is 21.5 Å². The summed E-state index contributed by atoms with van der Waals surface area (Å²) in [5.74, 6) is -0.276. The molecule has 156 valence electrons. The SMILES string of the molecule is O=C(/C=C/c1cccc2cccnc12)Nc1ccc(C(=O)N2CCc3ccccc32)cc1. The fraction of sp³-hybridized carbons (Fsp3) is 0.0741. The molecule has 5 nitrogen and oxygen atoms in total. The van der Waals surface area contributed by atoms with Crippen LogP contribution in [0, 0.1) is 0 Å². The molecule has 0 saturated heterocycles. The van der Waals surface area contributed by atoms with E-state index in [-0.39, 0.29) is 11.8 Å². The molecule has 1 aromatic heterocycles. The van der Waals surface area contributed by atoms with E-state index in [2.05, 4.69) is 16.4 Å². The van der Waals surface area contributed by atoms with E-state index in [0.717, 1.165) is 28.6 Å². The molecule has 1 N–H and O–H groups in total. The van der Waals surface area contributed by atoms with Gasteiger partial charge in [0.2, 0.25) is 5.91 Å². The number of aromatic nitrogens is 1. The van der Waals surface area contributed by atoms with E-state index in [9.17, 15) is 9.59 Å². The van der Waals surface area contributed by atoms with Crippen molar-refractivity contribution < 1.29 is 9.59 Å². The molecule has 1 aliphatic rings. The Morgan fingerprint density at radius 2 is 1.72 bits per heavy atom. The summed E-state index contributed by atoms with van der Waals surface area (Å²) in [5, 5.41) is 3.86. The number of benzene rings is 3. The summed E-state index contributed by atoms with van der Waals surface area (Å²) in [6.45, 7) is 0.685. The molecule has 0 unspecified atom stereocenters. The Hall–Kier alpha value is -4.25. The van der Waals surface area contributed by atoms with E-state index in [4.69, 9.17) is 0 Å². The number of carbonyl (C=O) groups is 2. The average Bonchev–Trinajstić information content (AvgIpc) is 3.27. The minimum Gasteiger partial charge on any atom is -0.323 e. The molecule has 4 aromatic rings. The average molecular weight is 419 g/mol. The minimum atomic E-state index is -0.245. The first-order chi connectivity index (χ1) is 15.7. The number of anilines is 2. The molecular weight excluding hydrogens is 398 g/mol. The normalized spacial score (nSPS) is 12.8. The van der Waals surface area contributed by atoms with Gasteiger partial charge >= 0.3 is 0 Å². The highest BCUT2D eigenvalue weighted by Gasteiger charge is 2.24. The Morgan fingerprint density at radius 1 is 0.906 bits per heavy atom. The van der Waals surface area contributed by atoms with Gasteiger partial charge in [0.1, 0.15) is 0 Å². The Bertz CT molecular complexity index is 1340. The number of hydrogen-bond donors (Lipinski definition) is 1. The molecule has 0 saturated carbocycles. The van der Waals surface area contributed by atoms with Gasteiger partial charge in [-0.05, 0) is 54.5 Å². The van der Waals surface area contributed by atoms with Crippen LogP contribution in [0.4, 0.5) is 11.4 Å². The van der Waals surface area contributed by atoms with E-state index in [1.807, 2.05) is 53.4 Å². The lowest BCUT2D eigenvalue weighted by Crippen LogP contribution is -2.28. The van der Waals surface area contributed by atoms with Crippen LogP contribution in [0.3, 0.4) is 0 Å². The molecule has 0 bridgehead atoms. The zero-order chi connectivity index (χ0) is 21.9. The number of para-hydroxylation sites is 2. The lowest BCUT2D eigenvalue weighted by atomic mass is 10.1. The van der Waals surface area contributed by atoms with Gasteiger partial charge < -0.3 is 10.2 Å². The Labute approximate surface area is 186 Å². The number of rotatable bonds is 4. The number of carbonyl (C=O) groups excluding carboxylic acids is 2. The molecular formula is C27H21N3O2. The van der Waals surface area contributed by atoms with Gasteiger partial charge in [0.05, 0.1) is 5.52 Å². The van der Waals surface area contributed by atoms with Gasteiger partial charge in [0.25, 0.3) is 5.91 Å². The van der Waals surface area contributed by atoms with Crippen molar-refractivity contribution in [2.24, 2.45) is 0 Å². The lowest BCUT2D eigenvalue weighted by Gasteiger charge is -2.17. The maximum Gasteiger partial charge on any atom is 0.258 e. The largest absolute Gasteiger partial charge is 0.323 e. The molecule has 5 heteroatoms. The van der Waals surface area contributed by atoms with Gasteiger partial charge in [-0.15, -0.1) is 0 Å². The highest BCUT2D eigenvalue weighted by atomic mass is 16.2. The van der Waals surface area contributed by atoms with Crippen LogP contribution in [-0.4, -0.2) is 23.3 Å². The zero-order valence-electron chi connectivity index (χ0n) is 17.4. The van der Waals surface area contributed by atoms with Gasteiger partial charge in [-0.3, -0.25) is 14.6 Å². The predicted octanol–water partition coefficient (Wildman–Crippen LogP) is 5.09. The van der Waals surface area contributed by atoms with E-state index in [0.29, 0.717) is 17.8 Å². The summed E-state index contributed by atoms with van der Waals surface area (Å²) in [6, 6.07) is 24.7. The number of amides is 2. The third kappa shape index (κ3) is 3.88. The van der Waals surface area contributed by atoms with Gasteiger partial charge in [-0.1, -0.05) is 42.5 Å². The molecule has 0 fully saturated rings. The molecule has 5 rings (SSSR count). The first kappa shape index (κ1) is 19.7. The minimum absolute atomic E-state index is 0.0313. The summed E-state index contributed by atoms with van der Waals surface area (Å²) in [6.07, 6.45) is 5.86. The summed E-state index contributed by atoms with van der Waals surface area (Å²) in [5.41, 5.74) is 5.13. The molecule has 0 radical (unpaired) electrons. The topological polar surface area (TPSA) is 62.3 Å². The van der Waals surface area contributed by atoms with Crippen molar-refractivity contribution in [3.8, 4) is 0 Å². The van der Waals surface area contributed by atoms with Crippen LogP contribution in [0.15, 0.2) is 91.1 Å². The van der Waals surface area contributed by atoms with Gasteiger partial charge in [-0.25, -0.2) is 0 Å². The molecule has 0 atom stereocenters. The molecule has 1 aliphatic heterocycles. The maximum absolute atomic E-state index is 12.9. The van der Waals surface area contributed by atoms with Crippen molar-refractivity contribution in [3.63, 3.8) is 0 Å². The predicted molar refractivity (Wildman–Crippen MR) is 128 cm³/mol. The van der Waals surface area contributed by atoms with Crippen molar-refractivity contribution >= 4 is 40.2 Å². The van der Waals surface area contributed by atoms with Crippen molar-refractivity contribution in [3.05, 3.63) is 108 Å². The van der Waals surface area contributed by atoms with Crippen molar-refractivity contribution in [2.45, 2.75) is 6.42 Å². The molecule has 0 spiro atoms. The van der Waals surface area contributed by atoms with E-state index >= 15 is 0 Å². The van der Waals surface area contributed by atoms with Crippen LogP contribution < -0.4 is 10.2 Å². The van der Waals surface area contributed by atoms with Crippen molar-refractivity contribution in [1.29, 1.82) is 0 Å². The van der Waals surface area contributed by atoms with Crippen LogP contribution in [-0.2, 0) is 11.2 Å². The third-order valence-corrected chi connectivity index (χ3v) is 5.61. The first-order valence-corrected chi connectivity index (χ1v) is 10.5. The standard InChI is InChI=1S/C27H21N3O2/c31-25(15-12-21-7-3-6-20-8-4-17-28-26(20)21)29-23-13-10-22(11-14-23)27(32)30-18-16-19-5-1-2-9-24(19)30/h1-15,17H,16,18H2,(H,29,31)/b15-12+. The molecule has 3 aromatic carbocycles. The van der Waals surface area contributed by atoms with E-state index < -0.39 is 0 Å². The number of hydrogen-bond acceptors (Lipinski definition) is 3. The second-order valence-electron chi connectivity index (χ2n) is 7.66. The summed E-state index contributed by atoms with van der Waals surface area (Å²) in [7, 11) is 0. The maximum atomic E-state index is 12.9. The van der Waals surface area contributed by atoms with Gasteiger partial charge in [0.15, 0.2) is 0 Å². The highest BCUT2D eigenvalue weighted by molar-refractivity contribution is 6.08. The number of nitrogens with zero attached hydrogens (tertiary/aromatic N) is 2. The molecule has 0 aliphatic carbocycles. The van der Waals surface area contributed by atoms with Gasteiger partial charge in [-0.2, -0.15) is 0 Å². The first-order valence-electron chi connectivity index (χ1n) is 10.5. The number of fused-ring (bicyclic) bond motifs is 2. The van der Waals surface area contributed by atoms with E-state index in [1.165, 1.54) is 11.6 Å². The smallest absolute Gasteiger partial charge is 0.258 e. The fourth-order valence-electron chi connectivity index (χ4n) is 4.01. The van der Waals surface area contributed by atoms with Crippen LogP contribution >= 0.6 is 0 Å². The Kier molecular flexibility index (Phi) is 5.22. The Balaban J connectivity index is 1.26. The number of nitrogens with one attached hydrogen (secondary N) is 1. The van der Waals surface area contributed by atoms with Crippen LogP contribution in [0.25, 0.3) is 17.0 Å². The molecule has 32 heavy (non-hydrogen) atoms. The van der Waals surface area contributed by atoms with Crippen molar-refractivity contribution in [1.82, 2.24) is 4.98 Å². The second kappa shape index (κ2) is 8.47. The third-order valence-electron chi connectivity index (χ3n) is 5.61. The van der Waals surface area contributed by atoms with E-state index in [1.54, 1.807) is 36.5 Å². The lowest BCUT2D eigenvalue weighted by molar-refractivity contribution is -0.111. The van der Waals surface area contributed by atoms with Crippen LogP contribution in [0.2, 0.25) is 0 Å². The van der Waals surface area contributed by atoms with Crippen LogP contribution in [0.5, 0.6) is 0 Å². The zero-order valence-corrected chi connectivity index (χ0v) is 17.4. The molecule has 2 heterocycles. The quantitative estimate of drug-likeness (QED) is 0.469. The van der Waals surface area contributed by atoms with Crippen molar-refractivity contribution in [2.75, 3.05) is 16.8 Å². The highest BCUT2D eigenvalue weighted by Crippen LogP contribution is 2.29. The van der Waals surface area contributed by atoms with Gasteiger partial charge in [0, 0.05) is 46.7 Å². The fourth-order valence-corrected chi connectivity index (χ4v) is 4.01. The Morgan fingerprint density at radius 3 is 2.59 bits per heavy atom. The number of pyridine rings is 1. The second-order valence-corrected chi connectivity index (χ2v) is 7.66.